The Balaban J connectivity index is 1.20. The first-order valence-corrected chi connectivity index (χ1v) is 15.3. The molecule has 2 atom stereocenters. The van der Waals surface area contributed by atoms with Crippen molar-refractivity contribution in [1.29, 1.82) is 0 Å². The summed E-state index contributed by atoms with van der Waals surface area (Å²) >= 11 is 0. The van der Waals surface area contributed by atoms with Crippen LogP contribution in [0.2, 0.25) is 0 Å². The zero-order valence-electron chi connectivity index (χ0n) is 22.4. The zero-order valence-corrected chi connectivity index (χ0v) is 23.2. The molecule has 1 aromatic carbocycles. The molecular weight excluding hydrogens is 518 g/mol. The van der Waals surface area contributed by atoms with Crippen LogP contribution < -0.4 is 9.46 Å². The maximum absolute atomic E-state index is 13.2. The van der Waals surface area contributed by atoms with Gasteiger partial charge in [0.1, 0.15) is 16.7 Å². The van der Waals surface area contributed by atoms with E-state index in [9.17, 15) is 18.0 Å². The Morgan fingerprint density at radius 1 is 1.05 bits per heavy atom. The van der Waals surface area contributed by atoms with Crippen molar-refractivity contribution in [2.24, 2.45) is 0 Å². The molecule has 3 aliphatic heterocycles. The van der Waals surface area contributed by atoms with E-state index >= 15 is 0 Å². The average molecular weight is 556 g/mol. The lowest BCUT2D eigenvalue weighted by Crippen LogP contribution is -2.55. The monoisotopic (exact) mass is 555 g/mol. The molecule has 3 fully saturated rings. The minimum absolute atomic E-state index is 0.00957. The molecule has 3 aliphatic rings. The van der Waals surface area contributed by atoms with Crippen LogP contribution >= 0.6 is 0 Å². The first kappa shape index (κ1) is 27.5. The fourth-order valence-electron chi connectivity index (χ4n) is 5.83. The van der Waals surface area contributed by atoms with E-state index in [1.165, 1.54) is 30.0 Å². The molecule has 39 heavy (non-hydrogen) atoms. The Labute approximate surface area is 230 Å². The van der Waals surface area contributed by atoms with Crippen LogP contribution in [0.1, 0.15) is 38.5 Å². The second kappa shape index (κ2) is 12.0. The molecule has 5 rings (SSSR count). The number of nitrogens with zero attached hydrogens (tertiary/aromatic N) is 4. The molecule has 3 saturated heterocycles. The fraction of sp³-hybridized carbons (Fsp3) is 0.536. The third-order valence-electron chi connectivity index (χ3n) is 7.93. The fourth-order valence-corrected chi connectivity index (χ4v) is 6.99. The van der Waals surface area contributed by atoms with Gasteiger partial charge >= 0.3 is 0 Å². The quantitative estimate of drug-likeness (QED) is 0.504. The third-order valence-corrected chi connectivity index (χ3v) is 9.39. The van der Waals surface area contributed by atoms with Crippen molar-refractivity contribution < 1.29 is 22.7 Å². The maximum atomic E-state index is 13.2. The van der Waals surface area contributed by atoms with Gasteiger partial charge in [-0.2, -0.15) is 4.72 Å². The van der Waals surface area contributed by atoms with Crippen LogP contribution in [0.5, 0.6) is 5.75 Å². The number of hydrogen-bond donors (Lipinski definition) is 1. The maximum Gasteiger partial charge on any atom is 0.242 e. The molecule has 0 bridgehead atoms. The van der Waals surface area contributed by atoms with E-state index in [0.717, 1.165) is 38.0 Å². The lowest BCUT2D eigenvalue weighted by molar-refractivity contribution is -0.143. The molecule has 0 aliphatic carbocycles. The zero-order chi connectivity index (χ0) is 27.4. The van der Waals surface area contributed by atoms with Crippen molar-refractivity contribution in [2.45, 2.75) is 55.5 Å². The van der Waals surface area contributed by atoms with Crippen LogP contribution in [-0.4, -0.2) is 98.4 Å². The van der Waals surface area contributed by atoms with Crippen molar-refractivity contribution in [2.75, 3.05) is 46.4 Å². The number of pyridine rings is 1. The lowest BCUT2D eigenvalue weighted by Gasteiger charge is -2.34. The van der Waals surface area contributed by atoms with Gasteiger partial charge in [0.15, 0.2) is 0 Å². The highest BCUT2D eigenvalue weighted by Gasteiger charge is 2.36. The predicted octanol–water partition coefficient (Wildman–Crippen LogP) is 2.11. The van der Waals surface area contributed by atoms with Gasteiger partial charge in [0, 0.05) is 37.4 Å². The molecule has 0 radical (unpaired) electrons. The van der Waals surface area contributed by atoms with Crippen LogP contribution in [0, 0.1) is 0 Å². The largest absolute Gasteiger partial charge is 0.497 e. The summed E-state index contributed by atoms with van der Waals surface area (Å²) in [4.78, 5) is 36.6. The second-order valence-corrected chi connectivity index (χ2v) is 12.3. The van der Waals surface area contributed by atoms with E-state index < -0.39 is 16.1 Å². The van der Waals surface area contributed by atoms with Gasteiger partial charge in [-0.25, -0.2) is 8.42 Å². The summed E-state index contributed by atoms with van der Waals surface area (Å²) in [6.45, 7) is 4.23. The number of piperidine rings is 1. The molecule has 2 aromatic rings. The van der Waals surface area contributed by atoms with E-state index in [4.69, 9.17) is 4.74 Å². The number of hydrogen-bond acceptors (Lipinski definition) is 7. The summed E-state index contributed by atoms with van der Waals surface area (Å²) in [6, 6.07) is 9.74. The Hall–Kier alpha value is -3.02. The van der Waals surface area contributed by atoms with Gasteiger partial charge in [-0.3, -0.25) is 14.6 Å². The average Bonchev–Trinajstić information content (AvgIpc) is 3.64. The first-order valence-electron chi connectivity index (χ1n) is 13.8. The van der Waals surface area contributed by atoms with Crippen LogP contribution in [0.4, 0.5) is 0 Å². The number of methoxy groups -OCH3 is 1. The van der Waals surface area contributed by atoms with E-state index in [1.54, 1.807) is 13.2 Å². The molecular formula is C28H37N5O5S. The molecule has 0 unspecified atom stereocenters. The molecule has 0 saturated carbocycles. The number of nitrogens with one attached hydrogen (secondary N) is 1. The number of carbonyl (C=O) groups is 2. The summed E-state index contributed by atoms with van der Waals surface area (Å²) in [5.74, 6) is 0.277. The van der Waals surface area contributed by atoms with E-state index in [2.05, 4.69) is 14.6 Å². The van der Waals surface area contributed by atoms with E-state index in [-0.39, 0.29) is 29.3 Å². The number of likely N-dealkylation sites (tertiary alicyclic amines) is 3. The summed E-state index contributed by atoms with van der Waals surface area (Å²) < 4.78 is 34.0. The smallest absolute Gasteiger partial charge is 0.242 e. The first-order chi connectivity index (χ1) is 18.8. The van der Waals surface area contributed by atoms with Crippen molar-refractivity contribution in [3.8, 4) is 17.0 Å². The van der Waals surface area contributed by atoms with Gasteiger partial charge in [0.25, 0.3) is 0 Å². The molecule has 1 aromatic heterocycles. The van der Waals surface area contributed by atoms with Crippen LogP contribution in [0.25, 0.3) is 11.3 Å². The number of rotatable bonds is 9. The van der Waals surface area contributed by atoms with Crippen LogP contribution in [-0.2, 0) is 19.6 Å². The number of benzene rings is 1. The highest BCUT2D eigenvalue weighted by molar-refractivity contribution is 7.89. The van der Waals surface area contributed by atoms with Crippen LogP contribution in [0.15, 0.2) is 47.5 Å². The van der Waals surface area contributed by atoms with Crippen molar-refractivity contribution in [3.05, 3.63) is 42.6 Å². The summed E-state index contributed by atoms with van der Waals surface area (Å²) in [5.41, 5.74) is 1.41. The standard InChI is InChI=1S/C28H37N5O5S/c1-38-23-9-4-7-21(17-23)25-12-11-24(18-29-25)39(36,37)30-26-10-6-15-32(28(26)35)20-27(34)33-16-5-8-22(33)19-31-13-2-3-14-31/h4,7,9,11-12,17-18,22,26,30H,2-3,5-6,8,10,13-16,19-20H2,1H3/t22-,26-/m0/s1. The van der Waals surface area contributed by atoms with E-state index in [1.807, 2.05) is 29.2 Å². The number of aromatic nitrogens is 1. The van der Waals surface area contributed by atoms with Gasteiger partial charge < -0.3 is 19.4 Å². The van der Waals surface area contributed by atoms with Gasteiger partial charge in [-0.15, -0.1) is 0 Å². The molecule has 1 N–H and O–H groups in total. The van der Waals surface area contributed by atoms with Crippen molar-refractivity contribution in [3.63, 3.8) is 0 Å². The Morgan fingerprint density at radius 2 is 1.85 bits per heavy atom. The Morgan fingerprint density at radius 3 is 2.59 bits per heavy atom. The summed E-state index contributed by atoms with van der Waals surface area (Å²) in [5, 5.41) is 0. The predicted molar refractivity (Wildman–Crippen MR) is 147 cm³/mol. The molecule has 210 valence electrons. The van der Waals surface area contributed by atoms with Crippen molar-refractivity contribution >= 4 is 21.8 Å². The van der Waals surface area contributed by atoms with Crippen LogP contribution in [0.3, 0.4) is 0 Å². The van der Waals surface area contributed by atoms with Gasteiger partial charge in [0.05, 0.1) is 19.3 Å². The minimum atomic E-state index is -3.98. The number of ether oxygens (including phenoxy) is 1. The number of amides is 2. The topological polar surface area (TPSA) is 112 Å². The molecule has 11 heteroatoms. The number of carbonyl (C=O) groups excluding carboxylic acids is 2. The molecule has 4 heterocycles. The van der Waals surface area contributed by atoms with Crippen molar-refractivity contribution in [1.82, 2.24) is 24.4 Å². The van der Waals surface area contributed by atoms with Gasteiger partial charge in [0.2, 0.25) is 21.8 Å². The Kier molecular flexibility index (Phi) is 8.49. The minimum Gasteiger partial charge on any atom is -0.497 e. The second-order valence-electron chi connectivity index (χ2n) is 10.6. The highest BCUT2D eigenvalue weighted by atomic mass is 32.2. The molecule has 10 nitrogen and oxygen atoms in total. The summed E-state index contributed by atoms with van der Waals surface area (Å²) in [7, 11) is -2.40. The van der Waals surface area contributed by atoms with Gasteiger partial charge in [-0.1, -0.05) is 12.1 Å². The molecule has 0 spiro atoms. The third kappa shape index (κ3) is 6.42. The SMILES string of the molecule is COc1cccc(-c2ccc(S(=O)(=O)N[C@H]3CCCN(CC(=O)N4CCC[C@H]4CN4CCCC4)C3=O)cn2)c1. The Bertz CT molecular complexity index is 1280. The lowest BCUT2D eigenvalue weighted by atomic mass is 10.1. The summed E-state index contributed by atoms with van der Waals surface area (Å²) in [6.07, 6.45) is 6.69. The molecule has 2 amide bonds. The highest BCUT2D eigenvalue weighted by Crippen LogP contribution is 2.24. The van der Waals surface area contributed by atoms with Gasteiger partial charge in [-0.05, 0) is 75.9 Å². The van der Waals surface area contributed by atoms with E-state index in [0.29, 0.717) is 37.4 Å². The number of sulfonamides is 1. The normalized spacial score (nSPS) is 22.4.